The summed E-state index contributed by atoms with van der Waals surface area (Å²) in [7, 11) is 0. The molecular weight excluding hydrogens is 336 g/mol. The van der Waals surface area contributed by atoms with Crippen LogP contribution in [0.1, 0.15) is 22.8 Å². The Balaban J connectivity index is 1.77. The van der Waals surface area contributed by atoms with Crippen LogP contribution in [0, 0.1) is 11.3 Å². The Morgan fingerprint density at radius 3 is 2.38 bits per heavy atom. The van der Waals surface area contributed by atoms with E-state index in [-0.39, 0.29) is 12.4 Å². The molecule has 0 aromatic heterocycles. The van der Waals surface area contributed by atoms with Crippen LogP contribution in [-0.4, -0.2) is 30.9 Å². The predicted octanol–water partition coefficient (Wildman–Crippen LogP) is 2.32. The van der Waals surface area contributed by atoms with Crippen molar-refractivity contribution >= 4 is 23.3 Å². The Kier molecular flexibility index (Phi) is 6.46. The molecule has 0 saturated heterocycles. The molecule has 0 fully saturated rings. The number of anilines is 1. The number of ketones is 1. The van der Waals surface area contributed by atoms with Gasteiger partial charge in [0.2, 0.25) is 0 Å². The summed E-state index contributed by atoms with van der Waals surface area (Å²) in [5.41, 5.74) is 1.19. The predicted molar refractivity (Wildman–Crippen MR) is 92.7 cm³/mol. The minimum atomic E-state index is -0.718. The van der Waals surface area contributed by atoms with Crippen LogP contribution in [-0.2, 0) is 14.3 Å². The molecule has 0 heterocycles. The van der Waals surface area contributed by atoms with Crippen LogP contribution in [0.3, 0.4) is 0 Å². The van der Waals surface area contributed by atoms with E-state index in [2.05, 4.69) is 5.32 Å². The topological polar surface area (TPSA) is 105 Å². The fraction of sp³-hybridized carbons (Fsp3) is 0.158. The van der Waals surface area contributed by atoms with Crippen LogP contribution in [0.15, 0.2) is 48.5 Å². The number of Topliss-reactive ketones (excluding diaryl/α,β-unsaturated/α-hetero) is 1. The molecule has 2 aromatic rings. The lowest BCUT2D eigenvalue weighted by molar-refractivity contribution is -0.149. The Hall–Kier alpha value is -3.66. The van der Waals surface area contributed by atoms with Crippen LogP contribution in [0.4, 0.5) is 5.69 Å². The van der Waals surface area contributed by atoms with Crippen molar-refractivity contribution in [2.75, 3.05) is 18.5 Å². The molecule has 2 aromatic carbocycles. The molecule has 0 aliphatic carbocycles. The first-order chi connectivity index (χ1) is 12.5. The summed E-state index contributed by atoms with van der Waals surface area (Å²) in [6.07, 6.45) is 0. The summed E-state index contributed by atoms with van der Waals surface area (Å²) < 4.78 is 10.0. The zero-order valence-corrected chi connectivity index (χ0v) is 14.0. The van der Waals surface area contributed by atoms with Crippen molar-refractivity contribution in [2.45, 2.75) is 6.92 Å². The van der Waals surface area contributed by atoms with Crippen LogP contribution in [0.5, 0.6) is 5.75 Å². The molecule has 1 N–H and O–H groups in total. The molecule has 0 aliphatic heterocycles. The van der Waals surface area contributed by atoms with Gasteiger partial charge in [0.05, 0.1) is 11.3 Å². The third-order valence-electron chi connectivity index (χ3n) is 3.30. The van der Waals surface area contributed by atoms with Crippen LogP contribution >= 0.6 is 0 Å². The number of benzene rings is 2. The van der Waals surface area contributed by atoms with Gasteiger partial charge in [0.1, 0.15) is 11.8 Å². The molecule has 0 aliphatic rings. The minimum Gasteiger partial charge on any atom is -0.482 e. The Bertz CT molecular complexity index is 853. The lowest BCUT2D eigenvalue weighted by Crippen LogP contribution is -2.24. The molecule has 1 amide bonds. The van der Waals surface area contributed by atoms with Gasteiger partial charge < -0.3 is 14.8 Å². The molecule has 7 nitrogen and oxygen atoms in total. The average molecular weight is 352 g/mol. The molecule has 7 heteroatoms. The van der Waals surface area contributed by atoms with E-state index in [1.807, 2.05) is 6.07 Å². The van der Waals surface area contributed by atoms with Gasteiger partial charge in [-0.25, -0.2) is 4.79 Å². The number of esters is 1. The number of amides is 1. The van der Waals surface area contributed by atoms with Crippen molar-refractivity contribution in [1.82, 2.24) is 0 Å². The number of nitriles is 1. The summed E-state index contributed by atoms with van der Waals surface area (Å²) in [6.45, 7) is 0.583. The van der Waals surface area contributed by atoms with Gasteiger partial charge >= 0.3 is 5.97 Å². The monoisotopic (exact) mass is 352 g/mol. The third-order valence-corrected chi connectivity index (χ3v) is 3.30. The zero-order chi connectivity index (χ0) is 18.9. The molecule has 0 atom stereocenters. The van der Waals surface area contributed by atoms with Gasteiger partial charge in [-0.15, -0.1) is 0 Å². The first-order valence-electron chi connectivity index (χ1n) is 7.68. The van der Waals surface area contributed by atoms with Gasteiger partial charge in [-0.2, -0.15) is 5.26 Å². The summed E-state index contributed by atoms with van der Waals surface area (Å²) in [5, 5.41) is 11.4. The molecular formula is C19H16N2O5. The Morgan fingerprint density at radius 2 is 1.73 bits per heavy atom. The highest BCUT2D eigenvalue weighted by Crippen LogP contribution is 2.14. The third kappa shape index (κ3) is 5.46. The van der Waals surface area contributed by atoms with E-state index in [9.17, 15) is 14.4 Å². The lowest BCUT2D eigenvalue weighted by Gasteiger charge is -2.09. The van der Waals surface area contributed by atoms with E-state index < -0.39 is 18.5 Å². The molecule has 0 spiro atoms. The van der Waals surface area contributed by atoms with Gasteiger partial charge in [-0.1, -0.05) is 12.1 Å². The fourth-order valence-corrected chi connectivity index (χ4v) is 1.99. The number of ether oxygens (including phenoxy) is 2. The van der Waals surface area contributed by atoms with Crippen molar-refractivity contribution in [3.05, 3.63) is 59.7 Å². The van der Waals surface area contributed by atoms with Crippen molar-refractivity contribution in [2.24, 2.45) is 0 Å². The van der Waals surface area contributed by atoms with E-state index in [0.29, 0.717) is 22.6 Å². The standard InChI is InChI=1S/C19H16N2O5/c1-13(22)14-6-8-16(9-7-14)25-12-19(24)26-11-18(23)21-17-5-3-2-4-15(17)10-20/h2-9H,11-12H2,1H3,(H,21,23). The van der Waals surface area contributed by atoms with Crippen molar-refractivity contribution < 1.29 is 23.9 Å². The van der Waals surface area contributed by atoms with Gasteiger partial charge in [0.15, 0.2) is 19.0 Å². The number of para-hydroxylation sites is 1. The van der Waals surface area contributed by atoms with E-state index >= 15 is 0 Å². The van der Waals surface area contributed by atoms with Crippen LogP contribution in [0.25, 0.3) is 0 Å². The average Bonchev–Trinajstić information content (AvgIpc) is 2.65. The lowest BCUT2D eigenvalue weighted by atomic mass is 10.1. The highest BCUT2D eigenvalue weighted by atomic mass is 16.6. The van der Waals surface area contributed by atoms with E-state index in [0.717, 1.165) is 0 Å². The number of nitrogens with zero attached hydrogens (tertiary/aromatic N) is 1. The van der Waals surface area contributed by atoms with Gasteiger partial charge in [-0.3, -0.25) is 9.59 Å². The number of carbonyl (C=O) groups is 3. The van der Waals surface area contributed by atoms with Crippen LogP contribution < -0.4 is 10.1 Å². The summed E-state index contributed by atoms with van der Waals surface area (Å²) in [6, 6.07) is 14.7. The minimum absolute atomic E-state index is 0.0695. The molecule has 0 bridgehead atoms. The van der Waals surface area contributed by atoms with Crippen LogP contribution in [0.2, 0.25) is 0 Å². The zero-order valence-electron chi connectivity index (χ0n) is 14.0. The van der Waals surface area contributed by atoms with Gasteiger partial charge in [-0.05, 0) is 43.3 Å². The number of hydrogen-bond donors (Lipinski definition) is 1. The van der Waals surface area contributed by atoms with Crippen molar-refractivity contribution in [3.8, 4) is 11.8 Å². The number of rotatable bonds is 7. The second kappa shape index (κ2) is 8.99. The van der Waals surface area contributed by atoms with E-state index in [1.165, 1.54) is 6.92 Å². The number of nitrogens with one attached hydrogen (secondary N) is 1. The maximum absolute atomic E-state index is 11.8. The fourth-order valence-electron chi connectivity index (χ4n) is 1.99. The maximum atomic E-state index is 11.8. The second-order valence-electron chi connectivity index (χ2n) is 5.24. The molecule has 26 heavy (non-hydrogen) atoms. The largest absolute Gasteiger partial charge is 0.482 e. The molecule has 132 valence electrons. The smallest absolute Gasteiger partial charge is 0.344 e. The highest BCUT2D eigenvalue weighted by molar-refractivity contribution is 5.94. The second-order valence-corrected chi connectivity index (χ2v) is 5.24. The SMILES string of the molecule is CC(=O)c1ccc(OCC(=O)OCC(=O)Nc2ccccc2C#N)cc1. The Morgan fingerprint density at radius 1 is 1.04 bits per heavy atom. The molecule has 0 unspecified atom stereocenters. The first-order valence-corrected chi connectivity index (χ1v) is 7.68. The van der Waals surface area contributed by atoms with Gasteiger partial charge in [0.25, 0.3) is 5.91 Å². The normalized spacial score (nSPS) is 9.69. The molecule has 0 saturated carbocycles. The Labute approximate surface area is 150 Å². The molecule has 0 radical (unpaired) electrons. The van der Waals surface area contributed by atoms with Crippen molar-refractivity contribution in [1.29, 1.82) is 5.26 Å². The molecule has 2 rings (SSSR count). The maximum Gasteiger partial charge on any atom is 0.344 e. The quantitative estimate of drug-likeness (QED) is 0.605. The van der Waals surface area contributed by atoms with Gasteiger partial charge in [0, 0.05) is 5.56 Å². The number of hydrogen-bond acceptors (Lipinski definition) is 6. The summed E-state index contributed by atoms with van der Waals surface area (Å²) >= 11 is 0. The summed E-state index contributed by atoms with van der Waals surface area (Å²) in [4.78, 5) is 34.6. The number of carbonyl (C=O) groups excluding carboxylic acids is 3. The van der Waals surface area contributed by atoms with E-state index in [4.69, 9.17) is 14.7 Å². The first kappa shape index (κ1) is 18.7. The van der Waals surface area contributed by atoms with Crippen molar-refractivity contribution in [3.63, 3.8) is 0 Å². The van der Waals surface area contributed by atoms with E-state index in [1.54, 1.807) is 48.5 Å². The highest BCUT2D eigenvalue weighted by Gasteiger charge is 2.10. The summed E-state index contributed by atoms with van der Waals surface area (Å²) in [5.74, 6) is -0.949.